The fraction of sp³-hybridized carbons (Fsp3) is 0.875. The monoisotopic (exact) mass is 174 g/mol. The van der Waals surface area contributed by atoms with E-state index in [0.29, 0.717) is 0 Å². The van der Waals surface area contributed by atoms with E-state index < -0.39 is 18.5 Å². The van der Waals surface area contributed by atoms with Gasteiger partial charge in [0, 0.05) is 13.0 Å². The van der Waals surface area contributed by atoms with Crippen LogP contribution in [0.4, 0.5) is 0 Å². The molecule has 0 spiro atoms. The molecule has 1 N–H and O–H groups in total. The van der Waals surface area contributed by atoms with Gasteiger partial charge in [0.2, 0.25) is 0 Å². The van der Waals surface area contributed by atoms with Crippen LogP contribution >= 0.6 is 0 Å². The Labute approximate surface area is 71.5 Å². The zero-order valence-electron chi connectivity index (χ0n) is 7.48. The highest BCUT2D eigenvalue weighted by molar-refractivity contribution is 5.85. The second kappa shape index (κ2) is 3.51. The molecule has 70 valence electrons. The highest BCUT2D eigenvalue weighted by Gasteiger charge is 2.48. The number of ether oxygens (including phenoxy) is 2. The van der Waals surface area contributed by atoms with Crippen molar-refractivity contribution >= 4 is 5.78 Å². The van der Waals surface area contributed by atoms with Crippen LogP contribution in [0.2, 0.25) is 0 Å². The van der Waals surface area contributed by atoms with Crippen molar-refractivity contribution in [1.82, 2.24) is 0 Å². The first kappa shape index (κ1) is 9.64. The Balaban J connectivity index is 2.39. The molecule has 0 saturated carbocycles. The molecule has 0 aromatic carbocycles. The van der Waals surface area contributed by atoms with Gasteiger partial charge in [-0.1, -0.05) is 13.8 Å². The Morgan fingerprint density at radius 2 is 2.17 bits per heavy atom. The summed E-state index contributed by atoms with van der Waals surface area (Å²) in [6, 6.07) is 0. The quantitative estimate of drug-likeness (QED) is 0.607. The normalized spacial score (nSPS) is 30.4. The lowest BCUT2D eigenvalue weighted by molar-refractivity contribution is -0.131. The van der Waals surface area contributed by atoms with E-state index in [1.54, 1.807) is 13.8 Å². The highest BCUT2D eigenvalue weighted by atomic mass is 16.8. The molecule has 0 aliphatic carbocycles. The summed E-state index contributed by atoms with van der Waals surface area (Å²) >= 11 is 0. The minimum Gasteiger partial charge on any atom is -0.382 e. The Kier molecular flexibility index (Phi) is 2.82. The van der Waals surface area contributed by atoms with Crippen molar-refractivity contribution in [2.24, 2.45) is 5.92 Å². The molecule has 1 fully saturated rings. The van der Waals surface area contributed by atoms with E-state index in [-0.39, 0.29) is 11.7 Å². The van der Waals surface area contributed by atoms with E-state index in [1.165, 1.54) is 7.11 Å². The minimum atomic E-state index is -1.03. The van der Waals surface area contributed by atoms with Gasteiger partial charge in [0.15, 0.2) is 12.1 Å². The predicted octanol–water partition coefficient (Wildman–Crippen LogP) is -0.0563. The van der Waals surface area contributed by atoms with Crippen molar-refractivity contribution in [2.45, 2.75) is 32.3 Å². The van der Waals surface area contributed by atoms with E-state index in [4.69, 9.17) is 9.47 Å². The van der Waals surface area contributed by atoms with Gasteiger partial charge in [-0.05, 0) is 0 Å². The lowest BCUT2D eigenvalue weighted by atomic mass is 10.0. The van der Waals surface area contributed by atoms with Crippen LogP contribution in [-0.4, -0.2) is 36.5 Å². The van der Waals surface area contributed by atoms with Crippen LogP contribution in [0.3, 0.4) is 0 Å². The molecule has 3 atom stereocenters. The molecule has 1 unspecified atom stereocenters. The zero-order chi connectivity index (χ0) is 9.30. The van der Waals surface area contributed by atoms with Gasteiger partial charge < -0.3 is 14.6 Å². The molecule has 0 bridgehead atoms. The van der Waals surface area contributed by atoms with Gasteiger partial charge in [-0.2, -0.15) is 0 Å². The zero-order valence-corrected chi connectivity index (χ0v) is 7.48. The summed E-state index contributed by atoms with van der Waals surface area (Å²) in [5, 5.41) is 9.37. The first-order valence-corrected chi connectivity index (χ1v) is 3.98. The molecule has 0 amide bonds. The Morgan fingerprint density at radius 3 is 2.50 bits per heavy atom. The van der Waals surface area contributed by atoms with Crippen molar-refractivity contribution in [3.05, 3.63) is 0 Å². The van der Waals surface area contributed by atoms with Crippen molar-refractivity contribution in [2.75, 3.05) is 7.11 Å². The van der Waals surface area contributed by atoms with Crippen LogP contribution in [-0.2, 0) is 14.3 Å². The molecule has 4 heteroatoms. The number of hydrogen-bond acceptors (Lipinski definition) is 4. The third-order valence-corrected chi connectivity index (χ3v) is 1.89. The number of methoxy groups -OCH3 is 1. The largest absolute Gasteiger partial charge is 0.382 e. The number of Topliss-reactive ketones (excluding diaryl/α,β-unsaturated/α-hetero) is 1. The predicted molar refractivity (Wildman–Crippen MR) is 41.5 cm³/mol. The number of hydrogen-bond donors (Lipinski definition) is 1. The second-order valence-electron chi connectivity index (χ2n) is 3.21. The molecule has 1 rings (SSSR count). The number of epoxide rings is 1. The maximum Gasteiger partial charge on any atom is 0.187 e. The van der Waals surface area contributed by atoms with E-state index in [9.17, 15) is 9.90 Å². The number of aliphatic hydroxyl groups excluding tert-OH is 1. The molecule has 0 aromatic rings. The van der Waals surface area contributed by atoms with Crippen LogP contribution in [0, 0.1) is 5.92 Å². The molecule has 1 aliphatic rings. The molecule has 12 heavy (non-hydrogen) atoms. The van der Waals surface area contributed by atoms with Gasteiger partial charge in [0.1, 0.15) is 12.2 Å². The minimum absolute atomic E-state index is 0.165. The van der Waals surface area contributed by atoms with Crippen LogP contribution in [0.15, 0.2) is 0 Å². The SMILES string of the molecule is CO[C@H]1O[C@@H]1C(O)C(=O)C(C)C. The van der Waals surface area contributed by atoms with Gasteiger partial charge in [0.25, 0.3) is 0 Å². The van der Waals surface area contributed by atoms with Crippen LogP contribution in [0.1, 0.15) is 13.8 Å². The van der Waals surface area contributed by atoms with E-state index in [2.05, 4.69) is 0 Å². The number of carbonyl (C=O) groups is 1. The standard InChI is InChI=1S/C8H14O4/c1-4(2)5(9)6(10)7-8(11-3)12-7/h4,6-8,10H,1-3H3/t6?,7-,8+/m1/s1. The third kappa shape index (κ3) is 1.83. The van der Waals surface area contributed by atoms with Gasteiger partial charge >= 0.3 is 0 Å². The summed E-state index contributed by atoms with van der Waals surface area (Å²) in [7, 11) is 1.48. The fourth-order valence-electron chi connectivity index (χ4n) is 1.03. The average Bonchev–Trinajstić information content (AvgIpc) is 2.80. The van der Waals surface area contributed by atoms with Crippen molar-refractivity contribution < 1.29 is 19.4 Å². The number of rotatable bonds is 4. The molecule has 4 nitrogen and oxygen atoms in total. The average molecular weight is 174 g/mol. The summed E-state index contributed by atoms with van der Waals surface area (Å²) in [4.78, 5) is 11.2. The summed E-state index contributed by atoms with van der Waals surface area (Å²) in [6.07, 6.45) is -1.89. The molecule has 1 aliphatic heterocycles. The summed E-state index contributed by atoms with van der Waals surface area (Å²) in [5.41, 5.74) is 0. The molecule has 1 saturated heterocycles. The Morgan fingerprint density at radius 1 is 1.58 bits per heavy atom. The maximum absolute atomic E-state index is 11.2. The number of carbonyl (C=O) groups excluding carboxylic acids is 1. The summed E-state index contributed by atoms with van der Waals surface area (Å²) < 4.78 is 9.70. The fourth-order valence-corrected chi connectivity index (χ4v) is 1.03. The third-order valence-electron chi connectivity index (χ3n) is 1.89. The smallest absolute Gasteiger partial charge is 0.187 e. The molecular formula is C8H14O4. The molecule has 0 aromatic heterocycles. The maximum atomic E-state index is 11.2. The lowest BCUT2D eigenvalue weighted by Gasteiger charge is -2.08. The highest BCUT2D eigenvalue weighted by Crippen LogP contribution is 2.27. The van der Waals surface area contributed by atoms with Gasteiger partial charge in [-0.15, -0.1) is 0 Å². The van der Waals surface area contributed by atoms with E-state index >= 15 is 0 Å². The second-order valence-corrected chi connectivity index (χ2v) is 3.21. The number of aliphatic hydroxyl groups is 1. The van der Waals surface area contributed by atoms with Crippen LogP contribution < -0.4 is 0 Å². The lowest BCUT2D eigenvalue weighted by Crippen LogP contribution is -2.31. The van der Waals surface area contributed by atoms with E-state index in [0.717, 1.165) is 0 Å². The Hall–Kier alpha value is -0.450. The van der Waals surface area contributed by atoms with Gasteiger partial charge in [-0.25, -0.2) is 0 Å². The Bertz CT molecular complexity index is 178. The van der Waals surface area contributed by atoms with Crippen LogP contribution in [0.25, 0.3) is 0 Å². The molecule has 0 radical (unpaired) electrons. The summed E-state index contributed by atoms with van der Waals surface area (Å²) in [6.45, 7) is 3.49. The van der Waals surface area contributed by atoms with Gasteiger partial charge in [-0.3, -0.25) is 4.79 Å². The van der Waals surface area contributed by atoms with Gasteiger partial charge in [0.05, 0.1) is 0 Å². The van der Waals surface area contributed by atoms with Crippen molar-refractivity contribution in [3.8, 4) is 0 Å². The molecular weight excluding hydrogens is 160 g/mol. The number of ketones is 1. The topological polar surface area (TPSA) is 59.1 Å². The van der Waals surface area contributed by atoms with Crippen molar-refractivity contribution in [1.29, 1.82) is 0 Å². The van der Waals surface area contributed by atoms with Crippen molar-refractivity contribution in [3.63, 3.8) is 0 Å². The first-order valence-electron chi connectivity index (χ1n) is 3.98. The van der Waals surface area contributed by atoms with E-state index in [1.807, 2.05) is 0 Å². The summed E-state index contributed by atoms with van der Waals surface area (Å²) in [5.74, 6) is -0.360. The first-order chi connectivity index (χ1) is 5.57. The van der Waals surface area contributed by atoms with Crippen LogP contribution in [0.5, 0.6) is 0 Å². The molecule has 1 heterocycles.